The van der Waals surface area contributed by atoms with Gasteiger partial charge >= 0.3 is 19.4 Å². The Bertz CT molecular complexity index is 1200. The van der Waals surface area contributed by atoms with Crippen LogP contribution < -0.4 is 20.9 Å². The molecule has 1 aromatic heterocycles. The molecule has 1 saturated heterocycles. The molecular formula is C20H24Cl2N3O8P. The Hall–Kier alpha value is -2.14. The van der Waals surface area contributed by atoms with Crippen LogP contribution in [0.3, 0.4) is 0 Å². The van der Waals surface area contributed by atoms with Gasteiger partial charge in [0.1, 0.15) is 18.0 Å². The van der Waals surface area contributed by atoms with Gasteiger partial charge in [-0.3, -0.25) is 23.7 Å². The van der Waals surface area contributed by atoms with Crippen LogP contribution in [-0.4, -0.2) is 41.4 Å². The zero-order valence-corrected chi connectivity index (χ0v) is 20.9. The zero-order valence-electron chi connectivity index (χ0n) is 18.5. The molecule has 0 spiro atoms. The number of H-pyrrole nitrogens is 1. The van der Waals surface area contributed by atoms with Crippen molar-refractivity contribution in [2.24, 2.45) is 5.92 Å². The van der Waals surface area contributed by atoms with Crippen molar-refractivity contribution in [3.8, 4) is 5.75 Å². The number of esters is 1. The molecule has 186 valence electrons. The average molecular weight is 536 g/mol. The first kappa shape index (κ1) is 26.5. The Balaban J connectivity index is 1.74. The normalized spacial score (nSPS) is 22.7. The summed E-state index contributed by atoms with van der Waals surface area (Å²) in [6, 6.07) is 4.47. The fourth-order valence-corrected chi connectivity index (χ4v) is 5.20. The Morgan fingerprint density at radius 3 is 2.71 bits per heavy atom. The van der Waals surface area contributed by atoms with E-state index in [1.807, 2.05) is 6.92 Å². The van der Waals surface area contributed by atoms with Crippen LogP contribution in [0.25, 0.3) is 0 Å². The van der Waals surface area contributed by atoms with Crippen LogP contribution in [0.4, 0.5) is 0 Å². The second kappa shape index (κ2) is 11.1. The summed E-state index contributed by atoms with van der Waals surface area (Å²) < 4.78 is 36.5. The lowest BCUT2D eigenvalue weighted by molar-refractivity contribution is -0.142. The first-order valence-electron chi connectivity index (χ1n) is 10.2. The molecule has 1 aliphatic heterocycles. The van der Waals surface area contributed by atoms with Crippen LogP contribution in [-0.2, 0) is 23.4 Å². The number of aromatic amines is 1. The number of ether oxygens (including phenoxy) is 2. The van der Waals surface area contributed by atoms with Gasteiger partial charge in [-0.15, -0.1) is 0 Å². The van der Waals surface area contributed by atoms with E-state index in [-0.39, 0.29) is 28.3 Å². The molecule has 1 unspecified atom stereocenters. The zero-order chi connectivity index (χ0) is 25.0. The van der Waals surface area contributed by atoms with Crippen molar-refractivity contribution in [2.75, 3.05) is 13.7 Å². The predicted octanol–water partition coefficient (Wildman–Crippen LogP) is 3.12. The third-order valence-corrected chi connectivity index (χ3v) is 7.41. The maximum atomic E-state index is 13.5. The van der Waals surface area contributed by atoms with Gasteiger partial charge in [-0.1, -0.05) is 30.1 Å². The van der Waals surface area contributed by atoms with Gasteiger partial charge in [-0.05, 0) is 25.5 Å². The molecule has 11 nitrogen and oxygen atoms in total. The summed E-state index contributed by atoms with van der Waals surface area (Å²) in [5.41, 5.74) is -1.12. The molecular weight excluding hydrogens is 512 g/mol. The minimum absolute atomic E-state index is 0.0978. The molecule has 0 bridgehead atoms. The second-order valence-electron chi connectivity index (χ2n) is 7.71. The van der Waals surface area contributed by atoms with Crippen molar-refractivity contribution in [2.45, 2.75) is 38.6 Å². The van der Waals surface area contributed by atoms with Crippen molar-refractivity contribution in [1.82, 2.24) is 14.6 Å². The highest BCUT2D eigenvalue weighted by molar-refractivity contribution is 7.52. The number of hydrogen-bond acceptors (Lipinski definition) is 8. The fourth-order valence-electron chi connectivity index (χ4n) is 3.40. The molecule has 1 aliphatic rings. The number of nitrogens with zero attached hydrogens (tertiary/aromatic N) is 1. The monoisotopic (exact) mass is 535 g/mol. The molecule has 2 heterocycles. The Morgan fingerprint density at radius 2 is 2.06 bits per heavy atom. The predicted molar refractivity (Wildman–Crippen MR) is 124 cm³/mol. The molecule has 2 aromatic rings. The second-order valence-corrected chi connectivity index (χ2v) is 10.2. The summed E-state index contributed by atoms with van der Waals surface area (Å²) in [5.74, 6) is -0.694. The van der Waals surface area contributed by atoms with E-state index >= 15 is 0 Å². The fraction of sp³-hybridized carbons (Fsp3) is 0.450. The van der Waals surface area contributed by atoms with Gasteiger partial charge < -0.3 is 14.0 Å². The molecule has 1 fully saturated rings. The van der Waals surface area contributed by atoms with E-state index in [0.29, 0.717) is 6.42 Å². The largest absolute Gasteiger partial charge is 0.468 e. The standard InChI is InChI=1S/C20H24Cl2N3O8P/c1-11-8-14(32-18(11)25-7-6-17(26)23-20(25)28)10-31-34(29,24-12(2)19(27)30-3)33-13-4-5-15(21)16(22)9-13/h4-7,9,11-12,14,18H,8,10H2,1-3H3,(H,24,29)(H,23,26,28)/t11-,12-,14-,18+,34?/m0/s1. The van der Waals surface area contributed by atoms with Crippen molar-refractivity contribution in [3.63, 3.8) is 0 Å². The molecule has 0 aliphatic carbocycles. The van der Waals surface area contributed by atoms with Crippen LogP contribution in [0.1, 0.15) is 26.5 Å². The average Bonchev–Trinajstić information content (AvgIpc) is 3.14. The van der Waals surface area contributed by atoms with E-state index in [0.717, 1.165) is 0 Å². The number of nitrogens with one attached hydrogen (secondary N) is 2. The summed E-state index contributed by atoms with van der Waals surface area (Å²) >= 11 is 11.9. The van der Waals surface area contributed by atoms with Crippen LogP contribution >= 0.6 is 30.9 Å². The van der Waals surface area contributed by atoms with Crippen molar-refractivity contribution in [1.29, 1.82) is 0 Å². The van der Waals surface area contributed by atoms with E-state index < -0.39 is 43.3 Å². The van der Waals surface area contributed by atoms with Gasteiger partial charge in [0.05, 0.1) is 29.9 Å². The first-order chi connectivity index (χ1) is 16.0. The van der Waals surface area contributed by atoms with Crippen molar-refractivity contribution in [3.05, 3.63) is 61.3 Å². The van der Waals surface area contributed by atoms with E-state index in [9.17, 15) is 18.9 Å². The summed E-state index contributed by atoms with van der Waals surface area (Å²) in [5, 5.41) is 2.98. The summed E-state index contributed by atoms with van der Waals surface area (Å²) in [4.78, 5) is 37.5. The summed E-state index contributed by atoms with van der Waals surface area (Å²) in [6.07, 6.45) is 0.606. The number of aromatic nitrogens is 2. The lowest BCUT2D eigenvalue weighted by Gasteiger charge is -2.24. The van der Waals surface area contributed by atoms with Gasteiger partial charge in [-0.25, -0.2) is 9.36 Å². The van der Waals surface area contributed by atoms with Gasteiger partial charge in [0.2, 0.25) is 0 Å². The SMILES string of the molecule is COC(=O)[C@H](C)NP(=O)(OC[C@@H]1C[C@H](C)[C@H](n2ccc(=O)[nH]c2=O)O1)Oc1ccc(Cl)c(Cl)c1. The Morgan fingerprint density at radius 1 is 1.32 bits per heavy atom. The molecule has 14 heteroatoms. The number of rotatable bonds is 9. The van der Waals surface area contributed by atoms with Gasteiger partial charge in [0.15, 0.2) is 0 Å². The molecule has 34 heavy (non-hydrogen) atoms. The smallest absolute Gasteiger partial charge is 0.459 e. The molecule has 3 rings (SSSR count). The van der Waals surface area contributed by atoms with E-state index in [1.165, 1.54) is 49.1 Å². The number of halogens is 2. The number of carbonyl (C=O) groups excluding carboxylic acids is 1. The Labute approximate surface area is 204 Å². The molecule has 0 saturated carbocycles. The van der Waals surface area contributed by atoms with Gasteiger partial charge in [0.25, 0.3) is 5.56 Å². The highest BCUT2D eigenvalue weighted by atomic mass is 35.5. The van der Waals surface area contributed by atoms with Gasteiger partial charge in [-0.2, -0.15) is 5.09 Å². The maximum absolute atomic E-state index is 13.5. The maximum Gasteiger partial charge on any atom is 0.459 e. The van der Waals surface area contributed by atoms with Crippen molar-refractivity contribution >= 4 is 36.9 Å². The minimum atomic E-state index is -4.13. The summed E-state index contributed by atoms with van der Waals surface area (Å²) in [6.45, 7) is 3.12. The highest BCUT2D eigenvalue weighted by Crippen LogP contribution is 2.47. The summed E-state index contributed by atoms with van der Waals surface area (Å²) in [7, 11) is -2.93. The highest BCUT2D eigenvalue weighted by Gasteiger charge is 2.38. The minimum Gasteiger partial charge on any atom is -0.468 e. The van der Waals surface area contributed by atoms with Crippen LogP contribution in [0.5, 0.6) is 5.75 Å². The van der Waals surface area contributed by atoms with E-state index in [2.05, 4.69) is 14.8 Å². The molecule has 2 N–H and O–H groups in total. The van der Waals surface area contributed by atoms with Crippen LogP contribution in [0.15, 0.2) is 40.1 Å². The van der Waals surface area contributed by atoms with Gasteiger partial charge in [0, 0.05) is 24.2 Å². The third kappa shape index (κ3) is 6.50. The topological polar surface area (TPSA) is 138 Å². The Kier molecular flexibility index (Phi) is 8.62. The lowest BCUT2D eigenvalue weighted by atomic mass is 10.1. The third-order valence-electron chi connectivity index (χ3n) is 5.03. The number of methoxy groups -OCH3 is 1. The molecule has 0 radical (unpaired) electrons. The number of hydrogen-bond donors (Lipinski definition) is 2. The van der Waals surface area contributed by atoms with Crippen LogP contribution in [0.2, 0.25) is 10.0 Å². The number of benzene rings is 1. The van der Waals surface area contributed by atoms with Crippen LogP contribution in [0, 0.1) is 5.92 Å². The van der Waals surface area contributed by atoms with Crippen molar-refractivity contribution < 1.29 is 27.9 Å². The lowest BCUT2D eigenvalue weighted by Crippen LogP contribution is -2.35. The molecule has 0 amide bonds. The first-order valence-corrected chi connectivity index (χ1v) is 12.5. The quantitative estimate of drug-likeness (QED) is 0.366. The molecule has 1 aromatic carbocycles. The number of carbonyl (C=O) groups is 1. The van der Waals surface area contributed by atoms with E-state index in [4.69, 9.17) is 37.0 Å². The molecule has 5 atom stereocenters. The van der Waals surface area contributed by atoms with E-state index in [1.54, 1.807) is 0 Å².